The third-order valence-corrected chi connectivity index (χ3v) is 6.72. The van der Waals surface area contributed by atoms with Gasteiger partial charge in [0.1, 0.15) is 17.9 Å². The van der Waals surface area contributed by atoms with E-state index in [0.717, 1.165) is 5.56 Å². The highest BCUT2D eigenvalue weighted by molar-refractivity contribution is 6.32. The Balaban J connectivity index is 1.60. The first-order chi connectivity index (χ1) is 17.9. The molecule has 0 spiro atoms. The van der Waals surface area contributed by atoms with Crippen LogP contribution >= 0.6 is 0 Å². The third kappa shape index (κ3) is 8.49. The Morgan fingerprint density at radius 3 is 2.63 bits per heavy atom. The number of urea groups is 1. The van der Waals surface area contributed by atoms with Crippen molar-refractivity contribution in [2.75, 3.05) is 26.2 Å². The Hall–Kier alpha value is -3.05. The molecule has 2 aliphatic heterocycles. The Kier molecular flexibility index (Phi) is 9.84. The molecule has 13 heteroatoms. The number of nitrogens with one attached hydrogen (secondary N) is 2. The summed E-state index contributed by atoms with van der Waals surface area (Å²) >= 11 is 0. The second kappa shape index (κ2) is 12.7. The summed E-state index contributed by atoms with van der Waals surface area (Å²) in [6, 6.07) is 9.93. The SMILES string of the molecule is CC(C)(C=C(C#N)C(=O)N1CCC[C@H](NC(=O)N[C@@H](Cc2ccccc2)OB(O)O)C1)N1CCC(F)(F)C1. The lowest BCUT2D eigenvalue weighted by Crippen LogP contribution is -2.54. The van der Waals surface area contributed by atoms with E-state index in [2.05, 4.69) is 10.6 Å². The van der Waals surface area contributed by atoms with E-state index in [1.54, 1.807) is 43.0 Å². The van der Waals surface area contributed by atoms with Gasteiger partial charge >= 0.3 is 13.4 Å². The molecule has 1 aromatic rings. The molecule has 0 aliphatic carbocycles. The van der Waals surface area contributed by atoms with Crippen LogP contribution in [0, 0.1) is 11.3 Å². The maximum atomic E-state index is 13.7. The highest BCUT2D eigenvalue weighted by Crippen LogP contribution is 2.33. The van der Waals surface area contributed by atoms with Gasteiger partial charge < -0.3 is 30.2 Å². The Labute approximate surface area is 221 Å². The van der Waals surface area contributed by atoms with Crippen molar-refractivity contribution in [3.63, 3.8) is 0 Å². The van der Waals surface area contributed by atoms with Crippen molar-refractivity contribution in [3.8, 4) is 6.07 Å². The summed E-state index contributed by atoms with van der Waals surface area (Å²) in [5.41, 5.74) is -0.244. The minimum atomic E-state index is -2.80. The standard InChI is InChI=1S/C25H34BF2N5O5/c1-24(2,33-12-10-25(27,28)17-33)14-19(15-29)22(34)32-11-6-9-20(16-32)30-23(35)31-21(38-26(36)37)13-18-7-4-3-5-8-18/h3-5,7-8,14,20-21,36-37H,6,9-13,16-17H2,1-2H3,(H2,30,31,35)/t20-,21+/m0/s1. The molecule has 0 unspecified atom stereocenters. The van der Waals surface area contributed by atoms with Gasteiger partial charge in [0.05, 0.1) is 6.54 Å². The van der Waals surface area contributed by atoms with Gasteiger partial charge in [-0.15, -0.1) is 0 Å². The van der Waals surface area contributed by atoms with Gasteiger partial charge in [0.25, 0.3) is 11.8 Å². The van der Waals surface area contributed by atoms with Crippen LogP contribution < -0.4 is 10.6 Å². The van der Waals surface area contributed by atoms with Crippen LogP contribution in [-0.4, -0.2) is 89.0 Å². The number of likely N-dealkylation sites (tertiary alicyclic amines) is 2. The maximum Gasteiger partial charge on any atom is 0.635 e. The van der Waals surface area contributed by atoms with Crippen molar-refractivity contribution in [1.82, 2.24) is 20.4 Å². The maximum absolute atomic E-state index is 13.7. The van der Waals surface area contributed by atoms with Crippen molar-refractivity contribution < 1.29 is 33.1 Å². The first-order valence-corrected chi connectivity index (χ1v) is 12.6. The fraction of sp³-hybridized carbons (Fsp3) is 0.560. The average molecular weight is 533 g/mol. The van der Waals surface area contributed by atoms with E-state index >= 15 is 0 Å². The predicted molar refractivity (Wildman–Crippen MR) is 135 cm³/mol. The number of nitrogens with zero attached hydrogens (tertiary/aromatic N) is 3. The van der Waals surface area contributed by atoms with E-state index in [0.29, 0.717) is 19.4 Å². The number of nitriles is 1. The molecule has 206 valence electrons. The lowest BCUT2D eigenvalue weighted by atomic mass is 9.98. The van der Waals surface area contributed by atoms with Crippen LogP contribution in [0.25, 0.3) is 0 Å². The minimum absolute atomic E-state index is 0.136. The Morgan fingerprint density at radius 1 is 1.32 bits per heavy atom. The molecule has 0 radical (unpaired) electrons. The Bertz CT molecular complexity index is 1050. The highest BCUT2D eigenvalue weighted by Gasteiger charge is 2.43. The zero-order chi connectivity index (χ0) is 27.9. The summed E-state index contributed by atoms with van der Waals surface area (Å²) in [6.45, 7) is 3.66. The van der Waals surface area contributed by atoms with Crippen LogP contribution in [0.2, 0.25) is 0 Å². The molecular weight excluding hydrogens is 499 g/mol. The normalized spacial score (nSPS) is 20.9. The molecule has 1 aromatic carbocycles. The molecule has 3 rings (SSSR count). The molecule has 2 aliphatic rings. The van der Waals surface area contributed by atoms with Gasteiger partial charge in [0.2, 0.25) is 0 Å². The van der Waals surface area contributed by atoms with Crippen LogP contribution in [0.4, 0.5) is 13.6 Å². The third-order valence-electron chi connectivity index (χ3n) is 6.72. The second-order valence-corrected chi connectivity index (χ2v) is 10.2. The number of hydrogen-bond donors (Lipinski definition) is 4. The molecular formula is C25H34BF2N5O5. The van der Waals surface area contributed by atoms with Gasteiger partial charge in [-0.25, -0.2) is 13.6 Å². The van der Waals surface area contributed by atoms with Gasteiger partial charge in [-0.3, -0.25) is 9.69 Å². The first kappa shape index (κ1) is 29.5. The van der Waals surface area contributed by atoms with E-state index in [4.69, 9.17) is 4.65 Å². The predicted octanol–water partition coefficient (Wildman–Crippen LogP) is 1.40. The topological polar surface area (TPSA) is 138 Å². The van der Waals surface area contributed by atoms with Gasteiger partial charge in [-0.05, 0) is 38.3 Å². The fourth-order valence-electron chi connectivity index (χ4n) is 4.75. The van der Waals surface area contributed by atoms with Gasteiger partial charge in [0, 0.05) is 44.1 Å². The van der Waals surface area contributed by atoms with Gasteiger partial charge in [-0.1, -0.05) is 30.3 Å². The van der Waals surface area contributed by atoms with E-state index in [1.165, 1.54) is 11.0 Å². The van der Waals surface area contributed by atoms with Crippen molar-refractivity contribution in [3.05, 3.63) is 47.5 Å². The Morgan fingerprint density at radius 2 is 2.03 bits per heavy atom. The zero-order valence-corrected chi connectivity index (χ0v) is 21.6. The molecule has 0 aromatic heterocycles. The molecule has 2 fully saturated rings. The monoisotopic (exact) mass is 533 g/mol. The van der Waals surface area contributed by atoms with E-state index < -0.39 is 49.5 Å². The smallest absolute Gasteiger partial charge is 0.402 e. The van der Waals surface area contributed by atoms with E-state index in [1.807, 2.05) is 12.1 Å². The molecule has 2 heterocycles. The number of rotatable bonds is 9. The van der Waals surface area contributed by atoms with E-state index in [9.17, 15) is 33.7 Å². The largest absolute Gasteiger partial charge is 0.635 e. The van der Waals surface area contributed by atoms with Crippen LogP contribution in [0.3, 0.4) is 0 Å². The van der Waals surface area contributed by atoms with E-state index in [-0.39, 0.29) is 31.5 Å². The van der Waals surface area contributed by atoms with Crippen LogP contribution in [0.5, 0.6) is 0 Å². The minimum Gasteiger partial charge on any atom is -0.402 e. The molecule has 38 heavy (non-hydrogen) atoms. The summed E-state index contributed by atoms with van der Waals surface area (Å²) < 4.78 is 32.4. The van der Waals surface area contributed by atoms with Gasteiger partial charge in [-0.2, -0.15) is 5.26 Å². The highest BCUT2D eigenvalue weighted by atomic mass is 19.3. The fourth-order valence-corrected chi connectivity index (χ4v) is 4.75. The molecule has 3 amide bonds. The summed E-state index contributed by atoms with van der Waals surface area (Å²) in [7, 11) is -2.08. The molecule has 10 nitrogen and oxygen atoms in total. The van der Waals surface area contributed by atoms with Crippen LogP contribution in [0.1, 0.15) is 38.7 Å². The number of piperidine rings is 1. The number of carbonyl (C=O) groups excluding carboxylic acids is 2. The van der Waals surface area contributed by atoms with Crippen molar-refractivity contribution in [2.45, 2.75) is 63.3 Å². The molecule has 2 saturated heterocycles. The number of hydrogen-bond acceptors (Lipinski definition) is 7. The summed E-state index contributed by atoms with van der Waals surface area (Å²) in [6.07, 6.45) is 1.51. The molecule has 2 atom stereocenters. The summed E-state index contributed by atoms with van der Waals surface area (Å²) in [4.78, 5) is 28.8. The quantitative estimate of drug-likeness (QED) is 0.163. The van der Waals surface area contributed by atoms with Gasteiger partial charge in [0.15, 0.2) is 0 Å². The zero-order valence-electron chi connectivity index (χ0n) is 21.6. The number of benzene rings is 1. The van der Waals surface area contributed by atoms with Crippen LogP contribution in [-0.2, 0) is 15.9 Å². The first-order valence-electron chi connectivity index (χ1n) is 12.6. The lowest BCUT2D eigenvalue weighted by Gasteiger charge is -2.35. The molecule has 0 bridgehead atoms. The number of alkyl halides is 2. The second-order valence-electron chi connectivity index (χ2n) is 10.2. The number of carbonyl (C=O) groups is 2. The van der Waals surface area contributed by atoms with Crippen molar-refractivity contribution in [1.29, 1.82) is 5.26 Å². The van der Waals surface area contributed by atoms with Crippen molar-refractivity contribution >= 4 is 19.3 Å². The summed E-state index contributed by atoms with van der Waals surface area (Å²) in [5.74, 6) is -3.32. The lowest BCUT2D eigenvalue weighted by molar-refractivity contribution is -0.128. The number of halogens is 2. The van der Waals surface area contributed by atoms with Crippen molar-refractivity contribution in [2.24, 2.45) is 0 Å². The average Bonchev–Trinajstić information content (AvgIpc) is 3.23. The number of amides is 3. The molecule has 0 saturated carbocycles. The van der Waals surface area contributed by atoms with Crippen LogP contribution in [0.15, 0.2) is 42.0 Å². The summed E-state index contributed by atoms with van der Waals surface area (Å²) in [5, 5.41) is 33.5. The molecule has 4 N–H and O–H groups in total.